The number of hydrogen-bond donors (Lipinski definition) is 0. The van der Waals surface area contributed by atoms with Crippen LogP contribution in [0, 0.1) is 9.49 Å². The molecule has 0 saturated heterocycles. The lowest BCUT2D eigenvalue weighted by molar-refractivity contribution is 0.222. The Morgan fingerprint density at radius 2 is 2.17 bits per heavy atom. The summed E-state index contributed by atoms with van der Waals surface area (Å²) >= 11 is 2.39. The first-order valence-electron chi connectivity index (χ1n) is 6.92. The molecule has 0 spiro atoms. The van der Waals surface area contributed by atoms with Gasteiger partial charge in [0.1, 0.15) is 0 Å². The lowest BCUT2D eigenvalue weighted by Gasteiger charge is -2.31. The summed E-state index contributed by atoms with van der Waals surface area (Å²) in [6.45, 7) is 2.32. The summed E-state index contributed by atoms with van der Waals surface area (Å²) in [5.74, 6) is 0.805. The summed E-state index contributed by atoms with van der Waals surface area (Å²) < 4.78 is 3.59. The van der Waals surface area contributed by atoms with Crippen molar-refractivity contribution in [3.05, 3.63) is 28.0 Å². The van der Waals surface area contributed by atoms with Crippen molar-refractivity contribution in [1.29, 1.82) is 0 Å². The quantitative estimate of drug-likeness (QED) is 0.710. The average molecular weight is 354 g/mol. The van der Waals surface area contributed by atoms with Gasteiger partial charge in [0, 0.05) is 8.96 Å². The van der Waals surface area contributed by atoms with Crippen LogP contribution in [-0.4, -0.2) is 9.78 Å². The molecule has 1 heterocycles. The van der Waals surface area contributed by atoms with Crippen molar-refractivity contribution < 1.29 is 0 Å². The Bertz CT molecular complexity index is 546. The Labute approximate surface area is 122 Å². The number of aromatic nitrogens is 2. The zero-order chi connectivity index (χ0) is 12.5. The Balaban J connectivity index is 2.04. The molecule has 3 rings (SSSR count). The third kappa shape index (κ3) is 2.17. The predicted molar refractivity (Wildman–Crippen MR) is 83.7 cm³/mol. The molecule has 2 unspecified atom stereocenters. The monoisotopic (exact) mass is 354 g/mol. The van der Waals surface area contributed by atoms with Crippen molar-refractivity contribution in [2.24, 2.45) is 5.92 Å². The minimum absolute atomic E-state index is 0.611. The van der Waals surface area contributed by atoms with E-state index >= 15 is 0 Å². The molecule has 0 bridgehead atoms. The fourth-order valence-corrected chi connectivity index (χ4v) is 3.74. The molecule has 0 amide bonds. The molecule has 2 atom stereocenters. The molecule has 2 nitrogen and oxygen atoms in total. The van der Waals surface area contributed by atoms with Crippen molar-refractivity contribution >= 4 is 33.5 Å². The second kappa shape index (κ2) is 5.19. The highest BCUT2D eigenvalue weighted by molar-refractivity contribution is 14.1. The topological polar surface area (TPSA) is 17.8 Å². The maximum atomic E-state index is 4.67. The fourth-order valence-electron chi connectivity index (χ4n) is 3.26. The highest BCUT2D eigenvalue weighted by Crippen LogP contribution is 2.37. The second-order valence-corrected chi connectivity index (χ2v) is 6.56. The summed E-state index contributed by atoms with van der Waals surface area (Å²) in [7, 11) is 0. The van der Waals surface area contributed by atoms with Gasteiger partial charge in [-0.15, -0.1) is 0 Å². The lowest BCUT2D eigenvalue weighted by atomic mass is 9.83. The number of nitrogens with zero attached hydrogens (tertiary/aromatic N) is 2. The molecule has 1 aromatic carbocycles. The van der Waals surface area contributed by atoms with Crippen molar-refractivity contribution in [2.75, 3.05) is 0 Å². The van der Waals surface area contributed by atoms with Crippen LogP contribution >= 0.6 is 22.6 Å². The van der Waals surface area contributed by atoms with Crippen molar-refractivity contribution in [2.45, 2.75) is 45.1 Å². The van der Waals surface area contributed by atoms with Gasteiger partial charge in [-0.25, -0.2) is 0 Å². The van der Waals surface area contributed by atoms with Gasteiger partial charge in [0.15, 0.2) is 0 Å². The molecule has 0 radical (unpaired) electrons. The zero-order valence-electron chi connectivity index (χ0n) is 10.8. The van der Waals surface area contributed by atoms with Crippen molar-refractivity contribution in [3.63, 3.8) is 0 Å². The summed E-state index contributed by atoms with van der Waals surface area (Å²) in [6.07, 6.45) is 8.70. The number of benzene rings is 1. The summed E-state index contributed by atoms with van der Waals surface area (Å²) in [6, 6.07) is 7.22. The molecule has 1 saturated carbocycles. The van der Waals surface area contributed by atoms with Crippen LogP contribution in [0.2, 0.25) is 0 Å². The number of halogens is 1. The van der Waals surface area contributed by atoms with Crippen LogP contribution in [0.4, 0.5) is 0 Å². The van der Waals surface area contributed by atoms with Crippen molar-refractivity contribution in [3.8, 4) is 0 Å². The molecule has 96 valence electrons. The van der Waals surface area contributed by atoms with Crippen molar-refractivity contribution in [1.82, 2.24) is 9.78 Å². The fraction of sp³-hybridized carbons (Fsp3) is 0.533. The van der Waals surface area contributed by atoms with Gasteiger partial charge >= 0.3 is 0 Å². The highest BCUT2D eigenvalue weighted by Gasteiger charge is 2.26. The Kier molecular flexibility index (Phi) is 3.59. The number of fused-ring (bicyclic) bond motifs is 1. The van der Waals surface area contributed by atoms with E-state index in [2.05, 4.69) is 57.5 Å². The van der Waals surface area contributed by atoms with E-state index in [-0.39, 0.29) is 0 Å². The van der Waals surface area contributed by atoms with E-state index in [0.717, 1.165) is 5.92 Å². The molecule has 1 aromatic heterocycles. The normalized spacial score (nSPS) is 24.6. The third-order valence-corrected chi connectivity index (χ3v) is 4.94. The molecule has 1 fully saturated rings. The van der Waals surface area contributed by atoms with E-state index in [1.807, 2.05) is 6.20 Å². The summed E-state index contributed by atoms with van der Waals surface area (Å²) in [5.41, 5.74) is 1.31. The molecule has 18 heavy (non-hydrogen) atoms. The summed E-state index contributed by atoms with van der Waals surface area (Å²) in [4.78, 5) is 0. The van der Waals surface area contributed by atoms with E-state index in [9.17, 15) is 0 Å². The molecule has 3 heteroatoms. The Hall–Kier alpha value is -0.580. The van der Waals surface area contributed by atoms with Gasteiger partial charge in [0.05, 0.1) is 17.8 Å². The van der Waals surface area contributed by atoms with Crippen LogP contribution in [-0.2, 0) is 0 Å². The van der Waals surface area contributed by atoms with Crippen LogP contribution in [0.25, 0.3) is 10.9 Å². The van der Waals surface area contributed by atoms with Gasteiger partial charge < -0.3 is 0 Å². The highest BCUT2D eigenvalue weighted by atomic mass is 127. The van der Waals surface area contributed by atoms with Gasteiger partial charge in [0.25, 0.3) is 0 Å². The van der Waals surface area contributed by atoms with Gasteiger partial charge in [-0.05, 0) is 53.5 Å². The SMILES string of the molecule is CCC1CCCCC1n1ncc2ccc(I)cc21. The molecule has 2 aromatic rings. The van der Waals surface area contributed by atoms with Crippen LogP contribution in [0.1, 0.15) is 45.1 Å². The third-order valence-electron chi connectivity index (χ3n) is 4.27. The van der Waals surface area contributed by atoms with Crippen LogP contribution < -0.4 is 0 Å². The minimum Gasteiger partial charge on any atom is -0.261 e. The molecule has 1 aliphatic rings. The molecule has 0 N–H and O–H groups in total. The van der Waals surface area contributed by atoms with E-state index in [4.69, 9.17) is 0 Å². The second-order valence-electron chi connectivity index (χ2n) is 5.31. The minimum atomic E-state index is 0.611. The molecule has 1 aliphatic carbocycles. The first-order chi connectivity index (χ1) is 8.79. The van der Waals surface area contributed by atoms with Gasteiger partial charge in [-0.3, -0.25) is 4.68 Å². The first-order valence-corrected chi connectivity index (χ1v) is 8.00. The molecular weight excluding hydrogens is 335 g/mol. The summed E-state index contributed by atoms with van der Waals surface area (Å²) in [5, 5.41) is 5.95. The van der Waals surface area contributed by atoms with E-state index < -0.39 is 0 Å². The van der Waals surface area contributed by atoms with Crippen LogP contribution in [0.3, 0.4) is 0 Å². The first kappa shape index (κ1) is 12.5. The molecule has 0 aliphatic heterocycles. The van der Waals surface area contributed by atoms with Gasteiger partial charge in [-0.1, -0.05) is 32.3 Å². The largest absolute Gasteiger partial charge is 0.261 e. The predicted octanol–water partition coefficient (Wildman–Crippen LogP) is 4.78. The van der Waals surface area contributed by atoms with E-state index in [1.54, 1.807) is 0 Å². The Morgan fingerprint density at radius 3 is 3.00 bits per heavy atom. The maximum Gasteiger partial charge on any atom is 0.0696 e. The van der Waals surface area contributed by atoms with E-state index in [0.29, 0.717) is 6.04 Å². The Morgan fingerprint density at radius 1 is 1.33 bits per heavy atom. The lowest BCUT2D eigenvalue weighted by Crippen LogP contribution is -2.23. The van der Waals surface area contributed by atoms with Crippen LogP contribution in [0.15, 0.2) is 24.4 Å². The standard InChI is InChI=1S/C15H19IN2/c1-2-11-5-3-4-6-14(11)18-15-9-13(16)8-7-12(15)10-17-18/h7-11,14H,2-6H2,1H3. The average Bonchev–Trinajstić information content (AvgIpc) is 2.81. The van der Waals surface area contributed by atoms with Gasteiger partial charge in [0.2, 0.25) is 0 Å². The smallest absolute Gasteiger partial charge is 0.0696 e. The van der Waals surface area contributed by atoms with Gasteiger partial charge in [-0.2, -0.15) is 5.10 Å². The van der Waals surface area contributed by atoms with E-state index in [1.165, 1.54) is 46.6 Å². The number of hydrogen-bond acceptors (Lipinski definition) is 1. The molecular formula is C15H19IN2. The number of rotatable bonds is 2. The van der Waals surface area contributed by atoms with Crippen LogP contribution in [0.5, 0.6) is 0 Å². The zero-order valence-corrected chi connectivity index (χ0v) is 12.9. The maximum absolute atomic E-state index is 4.67.